The Bertz CT molecular complexity index is 468. The van der Waals surface area contributed by atoms with Crippen molar-refractivity contribution in [3.8, 4) is 5.75 Å². The van der Waals surface area contributed by atoms with Gasteiger partial charge in [-0.05, 0) is 39.8 Å². The summed E-state index contributed by atoms with van der Waals surface area (Å²) in [5.74, 6) is 0.841. The minimum atomic E-state index is -0.487. The number of nitrogens with one attached hydrogen (secondary N) is 1. The Morgan fingerprint density at radius 1 is 0.923 bits per heavy atom. The van der Waals surface area contributed by atoms with Crippen LogP contribution in [0.4, 0.5) is 4.79 Å². The van der Waals surface area contributed by atoms with Gasteiger partial charge in [-0.25, -0.2) is 4.79 Å². The maximum absolute atomic E-state index is 11.4. The number of alkyl carbamates (subject to hydrolysis) is 1. The second kappa shape index (κ2) is 14.4. The first kappa shape index (κ1) is 24.2. The first-order valence-corrected chi connectivity index (χ1v) is 9.18. The van der Waals surface area contributed by atoms with Crippen LogP contribution in [0.25, 0.3) is 0 Å². The third-order valence-electron chi connectivity index (χ3n) is 2.80. The van der Waals surface area contributed by atoms with Crippen LogP contribution in [0.5, 0.6) is 5.75 Å². The lowest BCUT2D eigenvalue weighted by Gasteiger charge is -2.19. The zero-order chi connectivity index (χ0) is 19.8. The monoisotopic (exact) mass is 369 g/mol. The second-order valence-electron chi connectivity index (χ2n) is 6.31. The SMILES string of the molecule is CC.Cc1ccc(OCCOCCOCCNC(=O)OC(C)(C)C)cc1. The molecule has 150 valence electrons. The van der Waals surface area contributed by atoms with Crippen molar-refractivity contribution >= 4 is 6.09 Å². The number of carbonyl (C=O) groups excluding carboxylic acids is 1. The molecule has 1 N–H and O–H groups in total. The van der Waals surface area contributed by atoms with Crippen LogP contribution in [0.1, 0.15) is 40.2 Å². The molecule has 0 bridgehead atoms. The summed E-state index contributed by atoms with van der Waals surface area (Å²) in [6.07, 6.45) is -0.435. The van der Waals surface area contributed by atoms with Gasteiger partial charge >= 0.3 is 6.09 Å². The summed E-state index contributed by atoms with van der Waals surface area (Å²) in [6.45, 7) is 14.3. The number of rotatable bonds is 10. The number of carbonyl (C=O) groups is 1. The van der Waals surface area contributed by atoms with E-state index in [0.29, 0.717) is 39.6 Å². The Morgan fingerprint density at radius 2 is 1.46 bits per heavy atom. The van der Waals surface area contributed by atoms with Gasteiger partial charge in [0.25, 0.3) is 0 Å². The van der Waals surface area contributed by atoms with E-state index in [-0.39, 0.29) is 0 Å². The highest BCUT2D eigenvalue weighted by atomic mass is 16.6. The number of amides is 1. The smallest absolute Gasteiger partial charge is 0.407 e. The van der Waals surface area contributed by atoms with E-state index in [9.17, 15) is 4.79 Å². The Morgan fingerprint density at radius 3 is 2.04 bits per heavy atom. The van der Waals surface area contributed by atoms with Crippen LogP contribution in [0.2, 0.25) is 0 Å². The van der Waals surface area contributed by atoms with Gasteiger partial charge in [0, 0.05) is 6.54 Å². The van der Waals surface area contributed by atoms with Gasteiger partial charge < -0.3 is 24.3 Å². The van der Waals surface area contributed by atoms with Gasteiger partial charge in [0.15, 0.2) is 0 Å². The quantitative estimate of drug-likeness (QED) is 0.633. The van der Waals surface area contributed by atoms with E-state index in [1.165, 1.54) is 5.56 Å². The molecule has 0 saturated carbocycles. The number of ether oxygens (including phenoxy) is 4. The first-order valence-electron chi connectivity index (χ1n) is 9.18. The maximum atomic E-state index is 11.4. The first-order chi connectivity index (χ1) is 12.4. The van der Waals surface area contributed by atoms with Gasteiger partial charge in [-0.3, -0.25) is 0 Å². The van der Waals surface area contributed by atoms with Crippen LogP contribution in [-0.2, 0) is 14.2 Å². The average Bonchev–Trinajstić information content (AvgIpc) is 2.58. The summed E-state index contributed by atoms with van der Waals surface area (Å²) in [5, 5.41) is 2.63. The van der Waals surface area contributed by atoms with Gasteiger partial charge in [-0.15, -0.1) is 0 Å². The molecule has 0 radical (unpaired) electrons. The molecule has 0 atom stereocenters. The van der Waals surface area contributed by atoms with E-state index in [1.54, 1.807) is 0 Å². The molecule has 6 heteroatoms. The lowest BCUT2D eigenvalue weighted by Crippen LogP contribution is -2.34. The maximum Gasteiger partial charge on any atom is 0.407 e. The molecular weight excluding hydrogens is 334 g/mol. The van der Waals surface area contributed by atoms with Crippen molar-refractivity contribution in [2.24, 2.45) is 0 Å². The highest BCUT2D eigenvalue weighted by Crippen LogP contribution is 2.10. The largest absolute Gasteiger partial charge is 0.491 e. The van der Waals surface area contributed by atoms with Gasteiger partial charge in [0.05, 0.1) is 26.4 Å². The van der Waals surface area contributed by atoms with Crippen molar-refractivity contribution in [3.05, 3.63) is 29.8 Å². The molecule has 1 rings (SSSR count). The molecule has 0 spiro atoms. The molecule has 0 aromatic heterocycles. The molecule has 0 aliphatic heterocycles. The Kier molecular flexibility index (Phi) is 13.4. The van der Waals surface area contributed by atoms with Crippen molar-refractivity contribution in [2.75, 3.05) is 39.6 Å². The normalized spacial score (nSPS) is 10.5. The molecule has 1 amide bonds. The summed E-state index contributed by atoms with van der Waals surface area (Å²) in [7, 11) is 0. The molecule has 0 heterocycles. The van der Waals surface area contributed by atoms with Crippen LogP contribution in [-0.4, -0.2) is 51.3 Å². The molecule has 26 heavy (non-hydrogen) atoms. The zero-order valence-corrected chi connectivity index (χ0v) is 17.1. The average molecular weight is 370 g/mol. The lowest BCUT2D eigenvalue weighted by molar-refractivity contribution is 0.0327. The molecule has 0 saturated heterocycles. The number of benzene rings is 1. The standard InChI is InChI=1S/C18H29NO5.C2H6/c1-15-5-7-16(8-6-15)23-14-13-22-12-11-21-10-9-19-17(20)24-18(2,3)4;1-2/h5-8H,9-14H2,1-4H3,(H,19,20);1-2H3. The van der Waals surface area contributed by atoms with E-state index in [0.717, 1.165) is 5.75 Å². The van der Waals surface area contributed by atoms with Crippen LogP contribution in [0.3, 0.4) is 0 Å². The third-order valence-corrected chi connectivity index (χ3v) is 2.80. The van der Waals surface area contributed by atoms with Crippen LogP contribution < -0.4 is 10.1 Å². The fourth-order valence-electron chi connectivity index (χ4n) is 1.71. The highest BCUT2D eigenvalue weighted by Gasteiger charge is 2.15. The van der Waals surface area contributed by atoms with E-state index in [4.69, 9.17) is 18.9 Å². The van der Waals surface area contributed by atoms with Crippen LogP contribution in [0.15, 0.2) is 24.3 Å². The zero-order valence-electron chi connectivity index (χ0n) is 17.1. The predicted octanol–water partition coefficient (Wildman–Crippen LogP) is 3.96. The molecule has 0 unspecified atom stereocenters. The summed E-state index contributed by atoms with van der Waals surface area (Å²) in [6, 6.07) is 7.90. The fraction of sp³-hybridized carbons (Fsp3) is 0.650. The predicted molar refractivity (Wildman–Crippen MR) is 104 cm³/mol. The molecule has 6 nitrogen and oxygen atoms in total. The molecule has 1 aromatic rings. The van der Waals surface area contributed by atoms with Crippen LogP contribution in [0, 0.1) is 6.92 Å². The minimum absolute atomic E-state index is 0.408. The molecular formula is C20H35NO5. The van der Waals surface area contributed by atoms with Crippen molar-refractivity contribution in [1.82, 2.24) is 5.32 Å². The van der Waals surface area contributed by atoms with E-state index in [1.807, 2.05) is 65.8 Å². The summed E-state index contributed by atoms with van der Waals surface area (Å²) in [5.41, 5.74) is 0.719. The lowest BCUT2D eigenvalue weighted by atomic mass is 10.2. The summed E-state index contributed by atoms with van der Waals surface area (Å²) >= 11 is 0. The van der Waals surface area contributed by atoms with Crippen molar-refractivity contribution in [3.63, 3.8) is 0 Å². The third kappa shape index (κ3) is 14.5. The molecule has 0 aliphatic carbocycles. The summed E-state index contributed by atoms with van der Waals surface area (Å²) < 4.78 is 21.4. The molecule has 0 fully saturated rings. The Balaban J connectivity index is 0.00000301. The summed E-state index contributed by atoms with van der Waals surface area (Å²) in [4.78, 5) is 11.4. The second-order valence-corrected chi connectivity index (χ2v) is 6.31. The fourth-order valence-corrected chi connectivity index (χ4v) is 1.71. The van der Waals surface area contributed by atoms with Crippen molar-refractivity contribution in [2.45, 2.75) is 47.1 Å². The number of aryl methyl sites for hydroxylation is 1. The van der Waals surface area contributed by atoms with Crippen LogP contribution >= 0.6 is 0 Å². The molecule has 0 aliphatic rings. The van der Waals surface area contributed by atoms with Gasteiger partial charge in [-0.1, -0.05) is 31.5 Å². The van der Waals surface area contributed by atoms with Crippen molar-refractivity contribution < 1.29 is 23.7 Å². The minimum Gasteiger partial charge on any atom is -0.491 e. The van der Waals surface area contributed by atoms with Gasteiger partial charge in [0.2, 0.25) is 0 Å². The van der Waals surface area contributed by atoms with Gasteiger partial charge in [0.1, 0.15) is 18.0 Å². The Labute approximate surface area is 158 Å². The Hall–Kier alpha value is -1.79. The van der Waals surface area contributed by atoms with E-state index in [2.05, 4.69) is 5.32 Å². The van der Waals surface area contributed by atoms with Gasteiger partial charge in [-0.2, -0.15) is 0 Å². The molecule has 1 aromatic carbocycles. The highest BCUT2D eigenvalue weighted by molar-refractivity contribution is 5.67. The number of hydrogen-bond acceptors (Lipinski definition) is 5. The van der Waals surface area contributed by atoms with E-state index < -0.39 is 11.7 Å². The van der Waals surface area contributed by atoms with E-state index >= 15 is 0 Å². The number of hydrogen-bond donors (Lipinski definition) is 1. The van der Waals surface area contributed by atoms with Crippen molar-refractivity contribution in [1.29, 1.82) is 0 Å². The topological polar surface area (TPSA) is 66.0 Å².